The highest BCUT2D eigenvalue weighted by atomic mass is 35.5. The fourth-order valence-corrected chi connectivity index (χ4v) is 2.61. The lowest BCUT2D eigenvalue weighted by Gasteiger charge is -2.33. The normalized spacial score (nSPS) is 24.4. The molecule has 1 saturated heterocycles. The monoisotopic (exact) mass is 217 g/mol. The molecule has 1 rings (SSSR count). The van der Waals surface area contributed by atoms with Crippen molar-refractivity contribution in [1.29, 1.82) is 0 Å². The molecule has 0 aromatic heterocycles. The fraction of sp³-hybridized carbons (Fsp3) is 1.00. The van der Waals surface area contributed by atoms with E-state index < -0.39 is 0 Å². The molecule has 0 aromatic carbocycles. The zero-order valence-electron chi connectivity index (χ0n) is 9.64. The van der Waals surface area contributed by atoms with Gasteiger partial charge >= 0.3 is 0 Å². The first-order chi connectivity index (χ1) is 6.80. The Kier molecular flexibility index (Phi) is 5.88. The highest BCUT2D eigenvalue weighted by Gasteiger charge is 2.20. The maximum absolute atomic E-state index is 5.92. The third-order valence-electron chi connectivity index (χ3n) is 3.49. The predicted octanol–water partition coefficient (Wildman–Crippen LogP) is 3.37. The summed E-state index contributed by atoms with van der Waals surface area (Å²) < 4.78 is 0. The van der Waals surface area contributed by atoms with Crippen LogP contribution >= 0.6 is 11.6 Å². The van der Waals surface area contributed by atoms with E-state index in [0.29, 0.717) is 0 Å². The summed E-state index contributed by atoms with van der Waals surface area (Å²) in [5, 5.41) is 0. The van der Waals surface area contributed by atoms with E-state index in [1.165, 1.54) is 45.3 Å². The molecule has 0 amide bonds. The summed E-state index contributed by atoms with van der Waals surface area (Å²) in [4.78, 5) is 2.62. The average Bonchev–Trinajstić information content (AvgIpc) is 2.26. The van der Waals surface area contributed by atoms with Gasteiger partial charge in [0.25, 0.3) is 0 Å². The van der Waals surface area contributed by atoms with Crippen LogP contribution < -0.4 is 0 Å². The van der Waals surface area contributed by atoms with Gasteiger partial charge in [-0.3, -0.25) is 0 Å². The van der Waals surface area contributed by atoms with E-state index in [4.69, 9.17) is 11.6 Å². The van der Waals surface area contributed by atoms with Crippen LogP contribution in [-0.4, -0.2) is 30.4 Å². The van der Waals surface area contributed by atoms with Gasteiger partial charge in [0.05, 0.1) is 0 Å². The maximum Gasteiger partial charge on any atom is 0.0263 e. The Labute approximate surface area is 93.8 Å². The maximum atomic E-state index is 5.92. The third-order valence-corrected chi connectivity index (χ3v) is 3.93. The standard InChI is InChI=1S/C12H24ClN/c1-3-11(4-2)9-14-7-5-6-12(8-13)10-14/h11-12H,3-10H2,1-2H3. The molecule has 1 unspecified atom stereocenters. The van der Waals surface area contributed by atoms with Crippen molar-refractivity contribution in [3.05, 3.63) is 0 Å². The molecule has 0 saturated carbocycles. The van der Waals surface area contributed by atoms with Crippen molar-refractivity contribution in [2.75, 3.05) is 25.5 Å². The minimum absolute atomic E-state index is 0.750. The molecule has 84 valence electrons. The molecule has 0 radical (unpaired) electrons. The summed E-state index contributed by atoms with van der Waals surface area (Å²) in [5.74, 6) is 2.49. The quantitative estimate of drug-likeness (QED) is 0.639. The van der Waals surface area contributed by atoms with Crippen LogP contribution in [0, 0.1) is 11.8 Å². The first-order valence-electron chi connectivity index (χ1n) is 6.08. The molecule has 1 aliphatic rings. The molecule has 14 heavy (non-hydrogen) atoms. The Bertz CT molecular complexity index is 145. The number of hydrogen-bond acceptors (Lipinski definition) is 1. The summed E-state index contributed by atoms with van der Waals surface area (Å²) in [6.07, 6.45) is 5.32. The zero-order valence-corrected chi connectivity index (χ0v) is 10.4. The molecule has 0 N–H and O–H groups in total. The van der Waals surface area contributed by atoms with Crippen molar-refractivity contribution >= 4 is 11.6 Å². The van der Waals surface area contributed by atoms with Crippen LogP contribution in [-0.2, 0) is 0 Å². The molecule has 0 spiro atoms. The van der Waals surface area contributed by atoms with Gasteiger partial charge in [0.2, 0.25) is 0 Å². The van der Waals surface area contributed by atoms with Gasteiger partial charge in [-0.15, -0.1) is 11.6 Å². The summed E-state index contributed by atoms with van der Waals surface area (Å²) in [5.41, 5.74) is 0. The Balaban J connectivity index is 2.29. The van der Waals surface area contributed by atoms with Crippen LogP contribution in [0.3, 0.4) is 0 Å². The van der Waals surface area contributed by atoms with E-state index in [0.717, 1.165) is 17.7 Å². The van der Waals surface area contributed by atoms with E-state index >= 15 is 0 Å². The largest absolute Gasteiger partial charge is 0.303 e. The first-order valence-corrected chi connectivity index (χ1v) is 6.61. The number of likely N-dealkylation sites (tertiary alicyclic amines) is 1. The average molecular weight is 218 g/mol. The first kappa shape index (κ1) is 12.3. The molecule has 2 heteroatoms. The SMILES string of the molecule is CCC(CC)CN1CCCC(CCl)C1. The summed E-state index contributed by atoms with van der Waals surface area (Å²) in [7, 11) is 0. The Morgan fingerprint density at radius 2 is 2.07 bits per heavy atom. The van der Waals surface area contributed by atoms with Gasteiger partial charge in [0.15, 0.2) is 0 Å². The second-order valence-electron chi connectivity index (χ2n) is 4.60. The van der Waals surface area contributed by atoms with Crippen molar-refractivity contribution in [3.63, 3.8) is 0 Å². The molecule has 1 fully saturated rings. The number of alkyl halides is 1. The summed E-state index contributed by atoms with van der Waals surface area (Å²) in [6.45, 7) is 8.43. The van der Waals surface area contributed by atoms with Crippen LogP contribution in [0.15, 0.2) is 0 Å². The second-order valence-corrected chi connectivity index (χ2v) is 4.91. The van der Waals surface area contributed by atoms with Gasteiger partial charge in [0, 0.05) is 19.0 Å². The van der Waals surface area contributed by atoms with Crippen molar-refractivity contribution in [1.82, 2.24) is 4.90 Å². The molecule has 1 aliphatic heterocycles. The topological polar surface area (TPSA) is 3.24 Å². The van der Waals surface area contributed by atoms with E-state index in [-0.39, 0.29) is 0 Å². The number of rotatable bonds is 5. The van der Waals surface area contributed by atoms with Crippen LogP contribution in [0.1, 0.15) is 39.5 Å². The van der Waals surface area contributed by atoms with Crippen LogP contribution in [0.4, 0.5) is 0 Å². The van der Waals surface area contributed by atoms with Crippen LogP contribution in [0.25, 0.3) is 0 Å². The zero-order chi connectivity index (χ0) is 10.4. The van der Waals surface area contributed by atoms with E-state index in [2.05, 4.69) is 18.7 Å². The number of nitrogens with zero attached hydrogens (tertiary/aromatic N) is 1. The predicted molar refractivity (Wildman–Crippen MR) is 64.0 cm³/mol. The van der Waals surface area contributed by atoms with Crippen LogP contribution in [0.2, 0.25) is 0 Å². The van der Waals surface area contributed by atoms with Crippen molar-refractivity contribution in [2.24, 2.45) is 11.8 Å². The lowest BCUT2D eigenvalue weighted by atomic mass is 9.97. The molecule has 1 heterocycles. The Morgan fingerprint density at radius 1 is 1.36 bits per heavy atom. The smallest absolute Gasteiger partial charge is 0.0263 e. The fourth-order valence-electron chi connectivity index (χ4n) is 2.36. The van der Waals surface area contributed by atoms with E-state index in [1.54, 1.807) is 0 Å². The molecule has 0 bridgehead atoms. The van der Waals surface area contributed by atoms with Gasteiger partial charge in [0.1, 0.15) is 0 Å². The van der Waals surface area contributed by atoms with Gasteiger partial charge in [-0.2, -0.15) is 0 Å². The van der Waals surface area contributed by atoms with Crippen molar-refractivity contribution < 1.29 is 0 Å². The lowest BCUT2D eigenvalue weighted by molar-refractivity contribution is 0.157. The highest BCUT2D eigenvalue weighted by molar-refractivity contribution is 6.18. The number of hydrogen-bond donors (Lipinski definition) is 0. The Morgan fingerprint density at radius 3 is 2.64 bits per heavy atom. The van der Waals surface area contributed by atoms with Gasteiger partial charge in [-0.25, -0.2) is 0 Å². The van der Waals surface area contributed by atoms with Crippen molar-refractivity contribution in [2.45, 2.75) is 39.5 Å². The second kappa shape index (κ2) is 6.68. The van der Waals surface area contributed by atoms with Gasteiger partial charge in [-0.05, 0) is 31.2 Å². The molecule has 0 aromatic rings. The minimum Gasteiger partial charge on any atom is -0.303 e. The molecular weight excluding hydrogens is 194 g/mol. The molecule has 1 atom stereocenters. The van der Waals surface area contributed by atoms with E-state index in [9.17, 15) is 0 Å². The number of halogens is 1. The summed E-state index contributed by atoms with van der Waals surface area (Å²) in [6, 6.07) is 0. The summed E-state index contributed by atoms with van der Waals surface area (Å²) >= 11 is 5.92. The van der Waals surface area contributed by atoms with Gasteiger partial charge < -0.3 is 4.90 Å². The number of piperidine rings is 1. The van der Waals surface area contributed by atoms with Gasteiger partial charge in [-0.1, -0.05) is 26.7 Å². The lowest BCUT2D eigenvalue weighted by Crippen LogP contribution is -2.38. The van der Waals surface area contributed by atoms with Crippen molar-refractivity contribution in [3.8, 4) is 0 Å². The van der Waals surface area contributed by atoms with Crippen LogP contribution in [0.5, 0.6) is 0 Å². The highest BCUT2D eigenvalue weighted by Crippen LogP contribution is 2.20. The Hall–Kier alpha value is 0.250. The third kappa shape index (κ3) is 3.78. The molecule has 1 nitrogen and oxygen atoms in total. The van der Waals surface area contributed by atoms with E-state index in [1.807, 2.05) is 0 Å². The molecule has 0 aliphatic carbocycles. The minimum atomic E-state index is 0.750. The molecular formula is C12H24ClN.